The highest BCUT2D eigenvalue weighted by molar-refractivity contribution is 14.0. The SMILES string of the molecule is CN=C(NCc1ccc(OCCOc2ccccc2)nc1)NC1CC1C.I. The zero-order valence-electron chi connectivity index (χ0n) is 15.7. The van der Waals surface area contributed by atoms with Crippen molar-refractivity contribution in [3.63, 3.8) is 0 Å². The molecular weight excluding hydrogens is 455 g/mol. The summed E-state index contributed by atoms with van der Waals surface area (Å²) in [4.78, 5) is 8.58. The number of nitrogens with zero attached hydrogens (tertiary/aromatic N) is 2. The van der Waals surface area contributed by atoms with Gasteiger partial charge in [0.05, 0.1) is 0 Å². The number of aromatic nitrogens is 1. The van der Waals surface area contributed by atoms with Crippen LogP contribution in [0.2, 0.25) is 0 Å². The summed E-state index contributed by atoms with van der Waals surface area (Å²) in [5.41, 5.74) is 1.07. The molecule has 1 fully saturated rings. The highest BCUT2D eigenvalue weighted by atomic mass is 127. The summed E-state index contributed by atoms with van der Waals surface area (Å²) in [5, 5.41) is 6.71. The smallest absolute Gasteiger partial charge is 0.213 e. The van der Waals surface area contributed by atoms with Gasteiger partial charge < -0.3 is 20.1 Å². The molecule has 6 nitrogen and oxygen atoms in total. The third-order valence-corrected chi connectivity index (χ3v) is 4.26. The van der Waals surface area contributed by atoms with Crippen molar-refractivity contribution in [3.05, 3.63) is 54.2 Å². The first kappa shape index (κ1) is 21.3. The Morgan fingerprint density at radius 3 is 2.52 bits per heavy atom. The maximum atomic E-state index is 5.61. The van der Waals surface area contributed by atoms with Crippen LogP contribution in [0, 0.1) is 5.92 Å². The normalized spacial score (nSPS) is 18.2. The summed E-state index contributed by atoms with van der Waals surface area (Å²) in [6, 6.07) is 14.1. The first-order valence-corrected chi connectivity index (χ1v) is 8.97. The number of halogens is 1. The highest BCUT2D eigenvalue weighted by Gasteiger charge is 2.33. The van der Waals surface area contributed by atoms with Crippen LogP contribution < -0.4 is 20.1 Å². The summed E-state index contributed by atoms with van der Waals surface area (Å²) >= 11 is 0. The minimum atomic E-state index is 0. The summed E-state index contributed by atoms with van der Waals surface area (Å²) in [6.45, 7) is 3.84. The van der Waals surface area contributed by atoms with Crippen LogP contribution in [0.3, 0.4) is 0 Å². The van der Waals surface area contributed by atoms with Gasteiger partial charge in [-0.25, -0.2) is 4.98 Å². The average Bonchev–Trinajstić information content (AvgIpc) is 3.38. The topological polar surface area (TPSA) is 67.8 Å². The average molecular weight is 482 g/mol. The van der Waals surface area contributed by atoms with Crippen LogP contribution in [-0.2, 0) is 6.54 Å². The van der Waals surface area contributed by atoms with Crippen molar-refractivity contribution < 1.29 is 9.47 Å². The number of hydrogen-bond acceptors (Lipinski definition) is 4. The van der Waals surface area contributed by atoms with E-state index < -0.39 is 0 Å². The molecule has 1 aromatic carbocycles. The minimum absolute atomic E-state index is 0. The lowest BCUT2D eigenvalue weighted by molar-refractivity contribution is 0.212. The van der Waals surface area contributed by atoms with E-state index in [0.29, 0.717) is 31.7 Å². The molecule has 7 heteroatoms. The fraction of sp³-hybridized carbons (Fsp3) is 0.400. The molecule has 2 atom stereocenters. The van der Waals surface area contributed by atoms with Gasteiger partial charge in [-0.15, -0.1) is 24.0 Å². The lowest BCUT2D eigenvalue weighted by Gasteiger charge is -2.12. The van der Waals surface area contributed by atoms with E-state index >= 15 is 0 Å². The number of nitrogens with one attached hydrogen (secondary N) is 2. The molecule has 146 valence electrons. The Labute approximate surface area is 177 Å². The highest BCUT2D eigenvalue weighted by Crippen LogP contribution is 2.28. The Kier molecular flexibility index (Phi) is 8.63. The van der Waals surface area contributed by atoms with Gasteiger partial charge in [-0.1, -0.05) is 31.2 Å². The van der Waals surface area contributed by atoms with E-state index in [2.05, 4.69) is 27.5 Å². The third-order valence-electron chi connectivity index (χ3n) is 4.26. The van der Waals surface area contributed by atoms with E-state index in [0.717, 1.165) is 23.2 Å². The summed E-state index contributed by atoms with van der Waals surface area (Å²) in [7, 11) is 1.79. The molecule has 1 heterocycles. The molecule has 1 aliphatic carbocycles. The third kappa shape index (κ3) is 7.24. The molecule has 0 radical (unpaired) electrons. The molecule has 2 N–H and O–H groups in total. The van der Waals surface area contributed by atoms with Crippen molar-refractivity contribution in [3.8, 4) is 11.6 Å². The molecule has 2 aromatic rings. The molecule has 1 aliphatic rings. The maximum Gasteiger partial charge on any atom is 0.213 e. The lowest BCUT2D eigenvalue weighted by atomic mass is 10.3. The first-order valence-electron chi connectivity index (χ1n) is 8.97. The fourth-order valence-electron chi connectivity index (χ4n) is 2.50. The van der Waals surface area contributed by atoms with Gasteiger partial charge in [0.2, 0.25) is 5.88 Å². The van der Waals surface area contributed by atoms with Gasteiger partial charge in [0, 0.05) is 31.9 Å². The van der Waals surface area contributed by atoms with Crippen molar-refractivity contribution in [1.29, 1.82) is 0 Å². The number of guanidine groups is 1. The molecule has 2 unspecified atom stereocenters. The van der Waals surface area contributed by atoms with Crippen LogP contribution in [0.25, 0.3) is 0 Å². The van der Waals surface area contributed by atoms with Gasteiger partial charge >= 0.3 is 0 Å². The van der Waals surface area contributed by atoms with Crippen molar-refractivity contribution in [1.82, 2.24) is 15.6 Å². The number of benzene rings is 1. The van der Waals surface area contributed by atoms with Crippen molar-refractivity contribution in [2.45, 2.75) is 25.9 Å². The molecule has 3 rings (SSSR count). The molecule has 1 saturated carbocycles. The minimum Gasteiger partial charge on any atom is -0.490 e. The number of ether oxygens (including phenoxy) is 2. The molecule has 0 amide bonds. The predicted molar refractivity (Wildman–Crippen MR) is 118 cm³/mol. The van der Waals surface area contributed by atoms with E-state index in [4.69, 9.17) is 9.47 Å². The van der Waals surface area contributed by atoms with E-state index in [-0.39, 0.29) is 24.0 Å². The largest absolute Gasteiger partial charge is 0.490 e. The Morgan fingerprint density at radius 1 is 1.15 bits per heavy atom. The first-order chi connectivity index (χ1) is 12.7. The fourth-order valence-corrected chi connectivity index (χ4v) is 2.50. The van der Waals surface area contributed by atoms with Crippen molar-refractivity contribution in [2.24, 2.45) is 10.9 Å². The number of pyridine rings is 1. The second kappa shape index (κ2) is 11.0. The standard InChI is InChI=1S/C20H26N4O2.HI/c1-15-12-18(15)24-20(21-2)23-14-16-8-9-19(22-13-16)26-11-10-25-17-6-4-3-5-7-17;/h3-9,13,15,18H,10-12,14H2,1-2H3,(H2,21,23,24);1H. The van der Waals surface area contributed by atoms with Crippen LogP contribution in [0.5, 0.6) is 11.6 Å². The van der Waals surface area contributed by atoms with Gasteiger partial charge in [0.15, 0.2) is 5.96 Å². The van der Waals surface area contributed by atoms with E-state index in [1.54, 1.807) is 7.05 Å². The van der Waals surface area contributed by atoms with Crippen LogP contribution in [-0.4, -0.2) is 37.2 Å². The van der Waals surface area contributed by atoms with Gasteiger partial charge in [0.1, 0.15) is 19.0 Å². The Bertz CT molecular complexity index is 710. The number of para-hydroxylation sites is 1. The molecule has 0 spiro atoms. The lowest BCUT2D eigenvalue weighted by Crippen LogP contribution is -2.38. The molecule has 1 aromatic heterocycles. The molecular formula is C20H27IN4O2. The monoisotopic (exact) mass is 482 g/mol. The zero-order chi connectivity index (χ0) is 18.2. The Balaban J connectivity index is 0.00000261. The predicted octanol–water partition coefficient (Wildman–Crippen LogP) is 3.23. The van der Waals surface area contributed by atoms with E-state index in [9.17, 15) is 0 Å². The van der Waals surface area contributed by atoms with Crippen LogP contribution >= 0.6 is 24.0 Å². The van der Waals surface area contributed by atoms with Crippen molar-refractivity contribution >= 4 is 29.9 Å². The number of aliphatic imine (C=N–C) groups is 1. The summed E-state index contributed by atoms with van der Waals surface area (Å²) in [5.74, 6) is 3.00. The van der Waals surface area contributed by atoms with E-state index in [1.807, 2.05) is 48.7 Å². The number of hydrogen-bond donors (Lipinski definition) is 2. The van der Waals surface area contributed by atoms with Crippen LogP contribution in [0.4, 0.5) is 0 Å². The molecule has 0 saturated heterocycles. The summed E-state index contributed by atoms with van der Waals surface area (Å²) in [6.07, 6.45) is 3.02. The summed E-state index contributed by atoms with van der Waals surface area (Å²) < 4.78 is 11.2. The second-order valence-electron chi connectivity index (χ2n) is 6.40. The maximum absolute atomic E-state index is 5.61. The molecule has 0 aliphatic heterocycles. The van der Waals surface area contributed by atoms with Crippen LogP contribution in [0.1, 0.15) is 18.9 Å². The van der Waals surface area contributed by atoms with Gasteiger partial charge in [-0.05, 0) is 30.0 Å². The molecule has 0 bridgehead atoms. The van der Waals surface area contributed by atoms with Gasteiger partial charge in [-0.2, -0.15) is 0 Å². The zero-order valence-corrected chi connectivity index (χ0v) is 18.1. The van der Waals surface area contributed by atoms with Gasteiger partial charge in [-0.3, -0.25) is 4.99 Å². The second-order valence-corrected chi connectivity index (χ2v) is 6.40. The van der Waals surface area contributed by atoms with Gasteiger partial charge in [0.25, 0.3) is 0 Å². The molecule has 27 heavy (non-hydrogen) atoms. The van der Waals surface area contributed by atoms with Crippen LogP contribution in [0.15, 0.2) is 53.7 Å². The van der Waals surface area contributed by atoms with Crippen molar-refractivity contribution in [2.75, 3.05) is 20.3 Å². The Hall–Kier alpha value is -2.03. The quantitative estimate of drug-likeness (QED) is 0.262. The number of rotatable bonds is 8. The Morgan fingerprint density at radius 2 is 1.89 bits per heavy atom. The van der Waals surface area contributed by atoms with E-state index in [1.165, 1.54) is 6.42 Å².